The molecule has 2 bridgehead atoms. The molecule has 6 heteroatoms. The molecule has 0 saturated carbocycles. The Morgan fingerprint density at radius 2 is 1.87 bits per heavy atom. The van der Waals surface area contributed by atoms with Crippen molar-refractivity contribution in [1.29, 1.82) is 0 Å². The number of amides is 2. The Hall–Kier alpha value is -2.08. The molecular formula is C17H23N3O3. The zero-order valence-corrected chi connectivity index (χ0v) is 13.3. The fourth-order valence-corrected chi connectivity index (χ4v) is 3.79. The molecule has 2 aliphatic heterocycles. The number of rotatable bonds is 4. The maximum Gasteiger partial charge on any atom is 0.408 e. The first-order valence-electron chi connectivity index (χ1n) is 8.01. The molecule has 2 fully saturated rings. The Labute approximate surface area is 136 Å². The van der Waals surface area contributed by atoms with Crippen LogP contribution < -0.4 is 11.1 Å². The van der Waals surface area contributed by atoms with E-state index in [1.165, 1.54) is 0 Å². The van der Waals surface area contributed by atoms with E-state index in [0.717, 1.165) is 18.4 Å². The van der Waals surface area contributed by atoms with Crippen LogP contribution in [-0.2, 0) is 16.1 Å². The molecule has 1 aromatic rings. The number of nitrogens with one attached hydrogen (secondary N) is 1. The molecule has 0 radical (unpaired) electrons. The van der Waals surface area contributed by atoms with Crippen molar-refractivity contribution in [3.05, 3.63) is 35.9 Å². The van der Waals surface area contributed by atoms with Gasteiger partial charge in [-0.25, -0.2) is 4.79 Å². The van der Waals surface area contributed by atoms with Crippen LogP contribution in [0, 0.1) is 0 Å². The third-order valence-corrected chi connectivity index (χ3v) is 5.18. The molecule has 0 spiro atoms. The molecular weight excluding hydrogens is 294 g/mol. The van der Waals surface area contributed by atoms with E-state index in [9.17, 15) is 9.59 Å². The number of piperidine rings is 1. The van der Waals surface area contributed by atoms with Gasteiger partial charge in [-0.15, -0.1) is 0 Å². The third-order valence-electron chi connectivity index (χ3n) is 5.18. The SMILES string of the molecule is CN1C2CCC1CC(NC(=O)OCc1ccccc1)(C(N)=O)C2. The van der Waals surface area contributed by atoms with Crippen LogP contribution in [0.1, 0.15) is 31.2 Å². The first-order valence-corrected chi connectivity index (χ1v) is 8.01. The minimum absolute atomic E-state index is 0.175. The van der Waals surface area contributed by atoms with E-state index in [1.54, 1.807) is 0 Å². The van der Waals surface area contributed by atoms with Crippen molar-refractivity contribution in [1.82, 2.24) is 10.2 Å². The molecule has 2 saturated heterocycles. The number of nitrogens with zero attached hydrogens (tertiary/aromatic N) is 1. The zero-order valence-electron chi connectivity index (χ0n) is 13.3. The quantitative estimate of drug-likeness (QED) is 0.879. The van der Waals surface area contributed by atoms with Crippen molar-refractivity contribution in [2.75, 3.05) is 7.05 Å². The maximum absolute atomic E-state index is 12.2. The van der Waals surface area contributed by atoms with Gasteiger partial charge in [0.25, 0.3) is 0 Å². The summed E-state index contributed by atoms with van der Waals surface area (Å²) in [5, 5.41) is 2.76. The van der Waals surface area contributed by atoms with Crippen LogP contribution in [0.25, 0.3) is 0 Å². The predicted octanol–water partition coefficient (Wildman–Crippen LogP) is 1.39. The van der Waals surface area contributed by atoms with Crippen molar-refractivity contribution in [3.8, 4) is 0 Å². The summed E-state index contributed by atoms with van der Waals surface area (Å²) in [5.74, 6) is -0.473. The lowest BCUT2D eigenvalue weighted by atomic mass is 9.82. The highest BCUT2D eigenvalue weighted by Crippen LogP contribution is 2.39. The molecule has 2 atom stereocenters. The summed E-state index contributed by atoms with van der Waals surface area (Å²) < 4.78 is 5.25. The summed E-state index contributed by atoms with van der Waals surface area (Å²) in [4.78, 5) is 26.5. The fraction of sp³-hybridized carbons (Fsp3) is 0.529. The summed E-state index contributed by atoms with van der Waals surface area (Å²) in [6, 6.07) is 10.0. The molecule has 2 heterocycles. The van der Waals surface area contributed by atoms with Crippen LogP contribution in [0.2, 0.25) is 0 Å². The number of carbonyl (C=O) groups is 2. The molecule has 0 aliphatic carbocycles. The van der Waals surface area contributed by atoms with Gasteiger partial charge in [0.1, 0.15) is 12.1 Å². The zero-order chi connectivity index (χ0) is 16.4. The van der Waals surface area contributed by atoms with Crippen molar-refractivity contribution in [3.63, 3.8) is 0 Å². The number of benzene rings is 1. The van der Waals surface area contributed by atoms with Gasteiger partial charge >= 0.3 is 6.09 Å². The number of hydrogen-bond donors (Lipinski definition) is 2. The summed E-state index contributed by atoms with van der Waals surface area (Å²) in [5.41, 5.74) is 5.54. The van der Waals surface area contributed by atoms with Gasteiger partial charge < -0.3 is 20.7 Å². The van der Waals surface area contributed by atoms with E-state index < -0.39 is 17.5 Å². The Morgan fingerprint density at radius 1 is 1.26 bits per heavy atom. The highest BCUT2D eigenvalue weighted by molar-refractivity contribution is 5.89. The van der Waals surface area contributed by atoms with Gasteiger partial charge in [-0.3, -0.25) is 4.79 Å². The Balaban J connectivity index is 1.64. The van der Waals surface area contributed by atoms with Gasteiger partial charge in [0, 0.05) is 12.1 Å². The van der Waals surface area contributed by atoms with Crippen molar-refractivity contribution in [2.24, 2.45) is 5.73 Å². The number of alkyl carbamates (subject to hydrolysis) is 1. The first-order chi connectivity index (χ1) is 11.0. The Morgan fingerprint density at radius 3 is 2.43 bits per heavy atom. The van der Waals surface area contributed by atoms with E-state index in [-0.39, 0.29) is 18.7 Å². The van der Waals surface area contributed by atoms with Crippen molar-refractivity contribution < 1.29 is 14.3 Å². The van der Waals surface area contributed by atoms with Gasteiger partial charge in [-0.1, -0.05) is 30.3 Å². The normalized spacial score (nSPS) is 30.0. The average molecular weight is 317 g/mol. The molecule has 3 rings (SSSR count). The molecule has 23 heavy (non-hydrogen) atoms. The van der Waals surface area contributed by atoms with E-state index in [1.807, 2.05) is 30.3 Å². The number of primary amides is 1. The summed E-state index contributed by atoms with van der Waals surface area (Å²) in [6.07, 6.45) is 2.59. The third kappa shape index (κ3) is 3.17. The highest BCUT2D eigenvalue weighted by atomic mass is 16.5. The highest BCUT2D eigenvalue weighted by Gasteiger charge is 2.51. The van der Waals surface area contributed by atoms with Gasteiger partial charge in [0.2, 0.25) is 5.91 Å². The number of fused-ring (bicyclic) bond motifs is 2. The summed E-state index contributed by atoms with van der Waals surface area (Å²) in [6.45, 7) is 0.175. The minimum atomic E-state index is -0.994. The van der Waals surface area contributed by atoms with Crippen LogP contribution in [0.4, 0.5) is 4.79 Å². The topological polar surface area (TPSA) is 84.7 Å². The van der Waals surface area contributed by atoms with E-state index >= 15 is 0 Å². The number of ether oxygens (including phenoxy) is 1. The number of hydrogen-bond acceptors (Lipinski definition) is 4. The van der Waals surface area contributed by atoms with Crippen molar-refractivity contribution in [2.45, 2.75) is 49.9 Å². The van der Waals surface area contributed by atoms with Crippen LogP contribution >= 0.6 is 0 Å². The molecule has 2 aliphatic rings. The van der Waals surface area contributed by atoms with Crippen LogP contribution in [0.5, 0.6) is 0 Å². The predicted molar refractivity (Wildman–Crippen MR) is 85.5 cm³/mol. The maximum atomic E-state index is 12.2. The molecule has 1 aromatic carbocycles. The largest absolute Gasteiger partial charge is 0.445 e. The smallest absolute Gasteiger partial charge is 0.408 e. The lowest BCUT2D eigenvalue weighted by Gasteiger charge is -2.43. The fourth-order valence-electron chi connectivity index (χ4n) is 3.79. The minimum Gasteiger partial charge on any atom is -0.445 e. The molecule has 2 amide bonds. The second kappa shape index (κ2) is 6.20. The summed E-state index contributed by atoms with van der Waals surface area (Å²) in [7, 11) is 2.07. The van der Waals surface area contributed by atoms with E-state index in [0.29, 0.717) is 12.8 Å². The molecule has 6 nitrogen and oxygen atoms in total. The number of nitrogens with two attached hydrogens (primary N) is 1. The van der Waals surface area contributed by atoms with Gasteiger partial charge in [0.05, 0.1) is 0 Å². The van der Waals surface area contributed by atoms with Gasteiger partial charge in [0.15, 0.2) is 0 Å². The van der Waals surface area contributed by atoms with E-state index in [4.69, 9.17) is 10.5 Å². The lowest BCUT2D eigenvalue weighted by Crippen LogP contribution is -2.64. The van der Waals surface area contributed by atoms with Gasteiger partial charge in [-0.2, -0.15) is 0 Å². The van der Waals surface area contributed by atoms with Crippen molar-refractivity contribution >= 4 is 12.0 Å². The van der Waals surface area contributed by atoms with Crippen LogP contribution in [0.15, 0.2) is 30.3 Å². The van der Waals surface area contributed by atoms with Gasteiger partial charge in [-0.05, 0) is 38.3 Å². The standard InChI is InChI=1S/C17H23N3O3/c1-20-13-7-8-14(20)10-17(9-13,15(18)21)19-16(22)23-11-12-5-3-2-4-6-12/h2-6,13-14H,7-11H2,1H3,(H2,18,21)(H,19,22). The van der Waals surface area contributed by atoms with Crippen LogP contribution in [-0.4, -0.2) is 41.6 Å². The second-order valence-corrected chi connectivity index (χ2v) is 6.59. The summed E-state index contributed by atoms with van der Waals surface area (Å²) >= 11 is 0. The average Bonchev–Trinajstić information content (AvgIpc) is 2.75. The second-order valence-electron chi connectivity index (χ2n) is 6.59. The number of carbonyl (C=O) groups excluding carboxylic acids is 2. The Bertz CT molecular complexity index is 576. The lowest BCUT2D eigenvalue weighted by molar-refractivity contribution is -0.127. The molecule has 2 unspecified atom stereocenters. The van der Waals surface area contributed by atoms with E-state index in [2.05, 4.69) is 17.3 Å². The first kappa shape index (κ1) is 15.8. The molecule has 124 valence electrons. The molecule has 3 N–H and O–H groups in total. The van der Waals surface area contributed by atoms with Crippen LogP contribution in [0.3, 0.4) is 0 Å². The molecule has 0 aromatic heterocycles. The monoisotopic (exact) mass is 317 g/mol. The Kier molecular flexibility index (Phi) is 4.26.